The van der Waals surface area contributed by atoms with Gasteiger partial charge < -0.3 is 5.32 Å². The van der Waals surface area contributed by atoms with Gasteiger partial charge in [0.25, 0.3) is 0 Å². The summed E-state index contributed by atoms with van der Waals surface area (Å²) in [7, 11) is 0. The van der Waals surface area contributed by atoms with Gasteiger partial charge in [0.1, 0.15) is 11.3 Å². The molecule has 100 valence electrons. The van der Waals surface area contributed by atoms with Crippen LogP contribution < -0.4 is 5.32 Å². The summed E-state index contributed by atoms with van der Waals surface area (Å²) in [6.07, 6.45) is 1.50. The molecule has 0 aliphatic rings. The van der Waals surface area contributed by atoms with E-state index in [0.29, 0.717) is 11.1 Å². The molecule has 3 aromatic rings. The van der Waals surface area contributed by atoms with Crippen molar-refractivity contribution in [2.75, 3.05) is 5.32 Å². The van der Waals surface area contributed by atoms with Gasteiger partial charge in [0.05, 0.1) is 0 Å². The molecule has 0 aliphatic carbocycles. The first-order valence-corrected chi connectivity index (χ1v) is 6.21. The normalized spacial score (nSPS) is 10.8. The number of fused-ring (bicyclic) bond motifs is 1. The van der Waals surface area contributed by atoms with Gasteiger partial charge in [-0.3, -0.25) is 4.98 Å². The largest absolute Gasteiger partial charge is 0.355 e. The third kappa shape index (κ3) is 2.20. The third-order valence-corrected chi connectivity index (χ3v) is 3.18. The van der Waals surface area contributed by atoms with Crippen molar-refractivity contribution in [1.29, 1.82) is 0 Å². The van der Waals surface area contributed by atoms with E-state index in [0.717, 1.165) is 17.3 Å². The lowest BCUT2D eigenvalue weighted by Crippen LogP contribution is -1.96. The zero-order valence-corrected chi connectivity index (χ0v) is 10.8. The number of halogens is 2. The highest BCUT2D eigenvalue weighted by molar-refractivity contribution is 5.93. The number of pyridine rings is 1. The summed E-state index contributed by atoms with van der Waals surface area (Å²) in [5, 5.41) is 3.62. The van der Waals surface area contributed by atoms with Gasteiger partial charge in [-0.2, -0.15) is 0 Å². The number of benzene rings is 2. The highest BCUT2D eigenvalue weighted by Gasteiger charge is 2.09. The molecular formula is C16H12F2N2. The van der Waals surface area contributed by atoms with Crippen molar-refractivity contribution < 1.29 is 8.78 Å². The van der Waals surface area contributed by atoms with Crippen LogP contribution in [0.5, 0.6) is 0 Å². The van der Waals surface area contributed by atoms with Crippen LogP contribution in [-0.2, 0) is 0 Å². The Kier molecular flexibility index (Phi) is 3.06. The molecule has 0 amide bonds. The Labute approximate surface area is 115 Å². The van der Waals surface area contributed by atoms with Gasteiger partial charge in [-0.15, -0.1) is 0 Å². The maximum absolute atomic E-state index is 13.7. The molecule has 0 aliphatic heterocycles. The van der Waals surface area contributed by atoms with Gasteiger partial charge in [-0.05, 0) is 30.7 Å². The first-order valence-electron chi connectivity index (χ1n) is 6.21. The highest BCUT2D eigenvalue weighted by Crippen LogP contribution is 2.28. The zero-order chi connectivity index (χ0) is 14.1. The van der Waals surface area contributed by atoms with Crippen molar-refractivity contribution in [3.8, 4) is 0 Å². The Hall–Kier alpha value is -2.49. The van der Waals surface area contributed by atoms with Crippen LogP contribution in [0.25, 0.3) is 10.9 Å². The average molecular weight is 270 g/mol. The van der Waals surface area contributed by atoms with Crippen LogP contribution >= 0.6 is 0 Å². The Morgan fingerprint density at radius 2 is 1.80 bits per heavy atom. The Bertz CT molecular complexity index is 785. The monoisotopic (exact) mass is 270 g/mol. The summed E-state index contributed by atoms with van der Waals surface area (Å²) in [6, 6.07) is 11.5. The zero-order valence-electron chi connectivity index (χ0n) is 10.8. The Morgan fingerprint density at radius 1 is 1.00 bits per heavy atom. The maximum atomic E-state index is 13.7. The molecule has 0 fully saturated rings. The van der Waals surface area contributed by atoms with Gasteiger partial charge in [-0.25, -0.2) is 8.78 Å². The first kappa shape index (κ1) is 12.5. The maximum Gasteiger partial charge on any atom is 0.152 e. The summed E-state index contributed by atoms with van der Waals surface area (Å²) >= 11 is 0. The van der Waals surface area contributed by atoms with Crippen LogP contribution in [0.1, 0.15) is 5.56 Å². The highest BCUT2D eigenvalue weighted by atomic mass is 19.1. The Morgan fingerprint density at radius 3 is 2.60 bits per heavy atom. The number of nitrogens with zero attached hydrogens (tertiary/aromatic N) is 1. The van der Waals surface area contributed by atoms with Gasteiger partial charge in [0.15, 0.2) is 5.82 Å². The second-order valence-electron chi connectivity index (χ2n) is 4.58. The molecule has 0 atom stereocenters. The molecular weight excluding hydrogens is 258 g/mol. The number of nitrogens with one attached hydrogen (secondary N) is 1. The minimum atomic E-state index is -0.659. The van der Waals surface area contributed by atoms with E-state index >= 15 is 0 Å². The molecule has 0 unspecified atom stereocenters. The first-order chi connectivity index (χ1) is 9.65. The molecule has 0 spiro atoms. The number of anilines is 2. The summed E-state index contributed by atoms with van der Waals surface area (Å²) < 4.78 is 27.1. The fourth-order valence-electron chi connectivity index (χ4n) is 2.15. The van der Waals surface area contributed by atoms with E-state index < -0.39 is 11.6 Å². The van der Waals surface area contributed by atoms with Gasteiger partial charge in [0.2, 0.25) is 0 Å². The van der Waals surface area contributed by atoms with E-state index in [2.05, 4.69) is 10.3 Å². The van der Waals surface area contributed by atoms with Crippen molar-refractivity contribution in [1.82, 2.24) is 4.98 Å². The van der Waals surface area contributed by atoms with E-state index in [1.54, 1.807) is 6.07 Å². The average Bonchev–Trinajstić information content (AvgIpc) is 2.42. The van der Waals surface area contributed by atoms with Crippen LogP contribution in [0.2, 0.25) is 0 Å². The number of para-hydroxylation sites is 1. The van der Waals surface area contributed by atoms with Crippen molar-refractivity contribution in [3.05, 3.63) is 65.9 Å². The molecule has 1 heterocycles. The molecule has 3 rings (SSSR count). The van der Waals surface area contributed by atoms with Gasteiger partial charge in [-0.1, -0.05) is 18.2 Å². The van der Waals surface area contributed by atoms with E-state index in [9.17, 15) is 8.78 Å². The molecule has 0 saturated heterocycles. The molecule has 0 saturated carbocycles. The lowest BCUT2D eigenvalue weighted by molar-refractivity contribution is 0.590. The number of aromatic nitrogens is 1. The molecule has 0 radical (unpaired) electrons. The SMILES string of the molecule is Cc1ccccc1Nc1ccnc2c(F)cc(F)cc12. The molecule has 20 heavy (non-hydrogen) atoms. The second kappa shape index (κ2) is 4.89. The molecule has 2 aromatic carbocycles. The van der Waals surface area contributed by atoms with Crippen molar-refractivity contribution in [2.45, 2.75) is 6.92 Å². The predicted octanol–water partition coefficient (Wildman–Crippen LogP) is 4.57. The van der Waals surface area contributed by atoms with Gasteiger partial charge >= 0.3 is 0 Å². The lowest BCUT2D eigenvalue weighted by atomic mass is 10.1. The summed E-state index contributed by atoms with van der Waals surface area (Å²) in [4.78, 5) is 3.96. The fourth-order valence-corrected chi connectivity index (χ4v) is 2.15. The van der Waals surface area contributed by atoms with E-state index in [-0.39, 0.29) is 5.52 Å². The van der Waals surface area contributed by atoms with Crippen LogP contribution in [0.4, 0.5) is 20.2 Å². The summed E-state index contributed by atoms with van der Waals surface area (Å²) in [5.74, 6) is -1.27. The van der Waals surface area contributed by atoms with Crippen molar-refractivity contribution in [2.24, 2.45) is 0 Å². The van der Waals surface area contributed by atoms with Crippen molar-refractivity contribution >= 4 is 22.3 Å². The fraction of sp³-hybridized carbons (Fsp3) is 0.0625. The molecule has 1 aromatic heterocycles. The van der Waals surface area contributed by atoms with E-state index in [4.69, 9.17) is 0 Å². The summed E-state index contributed by atoms with van der Waals surface area (Å²) in [6.45, 7) is 1.97. The topological polar surface area (TPSA) is 24.9 Å². The number of hydrogen-bond donors (Lipinski definition) is 1. The summed E-state index contributed by atoms with van der Waals surface area (Å²) in [5.41, 5.74) is 2.73. The molecule has 1 N–H and O–H groups in total. The van der Waals surface area contributed by atoms with Gasteiger partial charge in [0, 0.05) is 29.0 Å². The predicted molar refractivity (Wildman–Crippen MR) is 76.1 cm³/mol. The second-order valence-corrected chi connectivity index (χ2v) is 4.58. The van der Waals surface area contributed by atoms with Crippen LogP contribution in [0.15, 0.2) is 48.7 Å². The minimum absolute atomic E-state index is 0.157. The van der Waals surface area contributed by atoms with Crippen LogP contribution in [-0.4, -0.2) is 4.98 Å². The third-order valence-electron chi connectivity index (χ3n) is 3.18. The number of aryl methyl sites for hydroxylation is 1. The van der Waals surface area contributed by atoms with Crippen LogP contribution in [0.3, 0.4) is 0 Å². The molecule has 2 nitrogen and oxygen atoms in total. The lowest BCUT2D eigenvalue weighted by Gasteiger charge is -2.12. The smallest absolute Gasteiger partial charge is 0.152 e. The number of hydrogen-bond acceptors (Lipinski definition) is 2. The van der Waals surface area contributed by atoms with Crippen molar-refractivity contribution in [3.63, 3.8) is 0 Å². The molecule has 4 heteroatoms. The van der Waals surface area contributed by atoms with Crippen LogP contribution in [0, 0.1) is 18.6 Å². The van der Waals surface area contributed by atoms with E-state index in [1.807, 2.05) is 31.2 Å². The number of rotatable bonds is 2. The molecule has 0 bridgehead atoms. The standard InChI is InChI=1S/C16H12F2N2/c1-10-4-2-3-5-14(10)20-15-6-7-19-16-12(15)8-11(17)9-13(16)18/h2-9H,1H3,(H,19,20). The minimum Gasteiger partial charge on any atom is -0.355 e. The Balaban J connectivity index is 2.15. The van der Waals surface area contributed by atoms with E-state index in [1.165, 1.54) is 12.3 Å². The quantitative estimate of drug-likeness (QED) is 0.738.